The van der Waals surface area contributed by atoms with Crippen LogP contribution < -0.4 is 10.5 Å². The van der Waals surface area contributed by atoms with Gasteiger partial charge in [0.25, 0.3) is 10.1 Å². The van der Waals surface area contributed by atoms with E-state index in [-0.39, 0.29) is 36.1 Å². The van der Waals surface area contributed by atoms with Crippen LogP contribution >= 0.6 is 11.3 Å². The highest BCUT2D eigenvalue weighted by molar-refractivity contribution is 7.86. The monoisotopic (exact) mass is 502 g/mol. The maximum atomic E-state index is 12.2. The highest BCUT2D eigenvalue weighted by Crippen LogP contribution is 2.29. The lowest BCUT2D eigenvalue weighted by Crippen LogP contribution is -2.13. The number of nitrogen functional groups attached to an aromatic ring is 1. The number of aryl methyl sites for hydroxylation is 1. The first kappa shape index (κ1) is 23.7. The number of ether oxygens (including phenoxy) is 2. The Kier molecular flexibility index (Phi) is 6.82. The molecule has 0 saturated heterocycles. The number of carbonyl (C=O) groups is 1. The third-order valence-corrected chi connectivity index (χ3v) is 7.02. The lowest BCUT2D eigenvalue weighted by Gasteiger charge is -2.08. The van der Waals surface area contributed by atoms with Crippen molar-refractivity contribution in [1.82, 2.24) is 14.8 Å². The Bertz CT molecular complexity index is 1430. The minimum Gasteiger partial charge on any atom is -0.491 e. The summed E-state index contributed by atoms with van der Waals surface area (Å²) < 4.78 is 42.4. The number of benzene rings is 2. The first-order valence-electron chi connectivity index (χ1n) is 10.3. The number of hydrogen-bond donors (Lipinski definition) is 1. The van der Waals surface area contributed by atoms with Gasteiger partial charge in [0.15, 0.2) is 5.82 Å². The Morgan fingerprint density at radius 3 is 2.65 bits per heavy atom. The Morgan fingerprint density at radius 2 is 1.91 bits per heavy atom. The molecule has 178 valence electrons. The standard InChI is InChI=1S/C22H22N4O6S2/c1-3-30-21(27)17-13-26(25-20(17)23)22-24-18-9-6-15(12-19(18)33-22)31-10-11-32-34(28,29)16-7-4-14(2)5-8-16/h4-9,12-13H,3,10-11H2,1-2H3,(H2,23,25). The van der Waals surface area contributed by atoms with E-state index in [1.165, 1.54) is 34.3 Å². The van der Waals surface area contributed by atoms with Crippen molar-refractivity contribution in [2.24, 2.45) is 0 Å². The lowest BCUT2D eigenvalue weighted by molar-refractivity contribution is 0.0527. The van der Waals surface area contributed by atoms with Crippen LogP contribution in [0.3, 0.4) is 0 Å². The summed E-state index contributed by atoms with van der Waals surface area (Å²) in [7, 11) is -3.85. The van der Waals surface area contributed by atoms with E-state index >= 15 is 0 Å². The molecule has 0 aliphatic rings. The zero-order chi connectivity index (χ0) is 24.3. The quantitative estimate of drug-likeness (QED) is 0.208. The molecule has 0 saturated carbocycles. The number of thiazole rings is 1. The number of nitrogens with two attached hydrogens (primary N) is 1. The Hall–Kier alpha value is -3.48. The SMILES string of the molecule is CCOC(=O)c1cn(-c2nc3ccc(OCCOS(=O)(=O)c4ccc(C)cc4)cc3s2)nc1N. The van der Waals surface area contributed by atoms with Gasteiger partial charge in [0.2, 0.25) is 5.13 Å². The number of esters is 1. The van der Waals surface area contributed by atoms with Gasteiger partial charge in [0.1, 0.15) is 24.5 Å². The van der Waals surface area contributed by atoms with E-state index in [9.17, 15) is 13.2 Å². The topological polar surface area (TPSA) is 136 Å². The van der Waals surface area contributed by atoms with Gasteiger partial charge in [-0.15, -0.1) is 5.10 Å². The van der Waals surface area contributed by atoms with Crippen molar-refractivity contribution >= 4 is 43.5 Å². The summed E-state index contributed by atoms with van der Waals surface area (Å²) in [5.74, 6) is 0.0446. The van der Waals surface area contributed by atoms with Crippen LogP contribution in [0.1, 0.15) is 22.8 Å². The highest BCUT2D eigenvalue weighted by atomic mass is 32.2. The molecule has 10 nitrogen and oxygen atoms in total. The average molecular weight is 503 g/mol. The van der Waals surface area contributed by atoms with Crippen LogP contribution in [0.5, 0.6) is 5.75 Å². The summed E-state index contributed by atoms with van der Waals surface area (Å²) in [6.07, 6.45) is 1.48. The van der Waals surface area contributed by atoms with Gasteiger partial charge < -0.3 is 15.2 Å². The van der Waals surface area contributed by atoms with E-state index in [4.69, 9.17) is 19.4 Å². The molecule has 12 heteroatoms. The third kappa shape index (κ3) is 5.19. The minimum atomic E-state index is -3.85. The van der Waals surface area contributed by atoms with E-state index < -0.39 is 16.1 Å². The fourth-order valence-corrected chi connectivity index (χ4v) is 4.82. The molecule has 0 spiro atoms. The molecule has 0 fully saturated rings. The molecule has 2 heterocycles. The van der Waals surface area contributed by atoms with Crippen molar-refractivity contribution in [3.8, 4) is 10.9 Å². The van der Waals surface area contributed by atoms with E-state index in [0.717, 1.165) is 10.3 Å². The summed E-state index contributed by atoms with van der Waals surface area (Å²) >= 11 is 1.33. The zero-order valence-corrected chi connectivity index (χ0v) is 20.1. The molecule has 0 aliphatic carbocycles. The molecular weight excluding hydrogens is 480 g/mol. The minimum absolute atomic E-state index is 0.0425. The van der Waals surface area contributed by atoms with Crippen LogP contribution in [-0.4, -0.2) is 49.0 Å². The van der Waals surface area contributed by atoms with Gasteiger partial charge in [-0.3, -0.25) is 4.18 Å². The van der Waals surface area contributed by atoms with Crippen LogP contribution in [0, 0.1) is 6.92 Å². The fraction of sp³-hybridized carbons (Fsp3) is 0.227. The van der Waals surface area contributed by atoms with Crippen LogP contribution in [-0.2, 0) is 19.0 Å². The molecule has 0 bridgehead atoms. The predicted octanol–water partition coefficient (Wildman–Crippen LogP) is 3.33. The number of nitrogens with zero attached hydrogens (tertiary/aromatic N) is 3. The van der Waals surface area contributed by atoms with E-state index in [1.807, 2.05) is 6.92 Å². The van der Waals surface area contributed by atoms with Crippen molar-refractivity contribution in [3.63, 3.8) is 0 Å². The maximum Gasteiger partial charge on any atom is 0.343 e. The molecule has 34 heavy (non-hydrogen) atoms. The van der Waals surface area contributed by atoms with Gasteiger partial charge in [-0.05, 0) is 44.2 Å². The molecule has 0 unspecified atom stereocenters. The summed E-state index contributed by atoms with van der Waals surface area (Å²) in [4.78, 5) is 16.6. The van der Waals surface area contributed by atoms with Crippen LogP contribution in [0.4, 0.5) is 5.82 Å². The number of aromatic nitrogens is 3. The Morgan fingerprint density at radius 1 is 1.15 bits per heavy atom. The number of anilines is 1. The summed E-state index contributed by atoms with van der Waals surface area (Å²) in [6, 6.07) is 11.7. The van der Waals surface area contributed by atoms with Crippen molar-refractivity contribution in [2.75, 3.05) is 25.6 Å². The molecule has 2 N–H and O–H groups in total. The van der Waals surface area contributed by atoms with Crippen molar-refractivity contribution in [1.29, 1.82) is 0 Å². The van der Waals surface area contributed by atoms with Crippen molar-refractivity contribution in [3.05, 3.63) is 59.8 Å². The summed E-state index contributed by atoms with van der Waals surface area (Å²) in [5.41, 5.74) is 7.68. The first-order valence-corrected chi connectivity index (χ1v) is 12.5. The molecule has 0 aliphatic heterocycles. The first-order chi connectivity index (χ1) is 16.3. The highest BCUT2D eigenvalue weighted by Gasteiger charge is 2.18. The Labute approximate surface area is 200 Å². The summed E-state index contributed by atoms with van der Waals surface area (Å²) in [5, 5.41) is 4.67. The molecule has 2 aromatic carbocycles. The number of rotatable bonds is 9. The number of hydrogen-bond acceptors (Lipinski definition) is 10. The molecular formula is C22H22N4O6S2. The average Bonchev–Trinajstić information content (AvgIpc) is 3.40. The smallest absolute Gasteiger partial charge is 0.343 e. The van der Waals surface area contributed by atoms with E-state index in [0.29, 0.717) is 16.4 Å². The van der Waals surface area contributed by atoms with Gasteiger partial charge in [-0.25, -0.2) is 14.5 Å². The maximum absolute atomic E-state index is 12.2. The van der Waals surface area contributed by atoms with Crippen LogP contribution in [0.15, 0.2) is 53.6 Å². The molecule has 0 amide bonds. The number of carbonyl (C=O) groups excluding carboxylic acids is 1. The molecule has 4 rings (SSSR count). The van der Waals surface area contributed by atoms with Gasteiger partial charge in [0.05, 0.1) is 27.9 Å². The van der Waals surface area contributed by atoms with E-state index in [1.54, 1.807) is 37.3 Å². The second kappa shape index (κ2) is 9.79. The largest absolute Gasteiger partial charge is 0.491 e. The second-order valence-corrected chi connectivity index (χ2v) is 9.78. The Balaban J connectivity index is 1.40. The third-order valence-electron chi connectivity index (χ3n) is 4.68. The molecule has 4 aromatic rings. The fourth-order valence-electron chi connectivity index (χ4n) is 3.01. The predicted molar refractivity (Wildman–Crippen MR) is 127 cm³/mol. The summed E-state index contributed by atoms with van der Waals surface area (Å²) in [6.45, 7) is 3.72. The van der Waals surface area contributed by atoms with Crippen LogP contribution in [0.2, 0.25) is 0 Å². The second-order valence-electron chi connectivity index (χ2n) is 7.16. The molecule has 0 atom stereocenters. The van der Waals surface area contributed by atoms with Crippen molar-refractivity contribution < 1.29 is 26.9 Å². The van der Waals surface area contributed by atoms with Crippen LogP contribution in [0.25, 0.3) is 15.3 Å². The zero-order valence-electron chi connectivity index (χ0n) is 18.4. The van der Waals surface area contributed by atoms with Gasteiger partial charge in [-0.1, -0.05) is 29.0 Å². The molecule has 2 aromatic heterocycles. The lowest BCUT2D eigenvalue weighted by atomic mass is 10.2. The molecule has 0 radical (unpaired) electrons. The number of fused-ring (bicyclic) bond motifs is 1. The van der Waals surface area contributed by atoms with Gasteiger partial charge in [-0.2, -0.15) is 8.42 Å². The normalized spacial score (nSPS) is 11.6. The van der Waals surface area contributed by atoms with E-state index in [2.05, 4.69) is 10.1 Å². The van der Waals surface area contributed by atoms with Gasteiger partial charge >= 0.3 is 5.97 Å². The van der Waals surface area contributed by atoms with Crippen molar-refractivity contribution in [2.45, 2.75) is 18.7 Å². The van der Waals surface area contributed by atoms with Gasteiger partial charge in [0, 0.05) is 0 Å².